The number of benzene rings is 1. The molecule has 0 bridgehead atoms. The zero-order valence-corrected chi connectivity index (χ0v) is 12.9. The van der Waals surface area contributed by atoms with Crippen LogP contribution in [0.25, 0.3) is 0 Å². The van der Waals surface area contributed by atoms with Crippen molar-refractivity contribution in [3.8, 4) is 0 Å². The van der Waals surface area contributed by atoms with Crippen LogP contribution in [0.3, 0.4) is 0 Å². The predicted molar refractivity (Wildman–Crippen MR) is 83.9 cm³/mol. The van der Waals surface area contributed by atoms with Gasteiger partial charge in [0.15, 0.2) is 5.79 Å². The first-order chi connectivity index (χ1) is 9.13. The molecule has 2 rings (SSSR count). The Morgan fingerprint density at radius 2 is 2.15 bits per heavy atom. The molecular weight excluding hydrogens is 297 g/mol. The maximum absolute atomic E-state index is 5.95. The average molecular weight is 316 g/mol. The molecule has 2 N–H and O–H groups in total. The Morgan fingerprint density at radius 1 is 1.35 bits per heavy atom. The third-order valence-electron chi connectivity index (χ3n) is 2.91. The van der Waals surface area contributed by atoms with Gasteiger partial charge in [-0.25, -0.2) is 0 Å². The lowest BCUT2D eigenvalue weighted by Gasteiger charge is -2.31. The second-order valence-electron chi connectivity index (χ2n) is 4.41. The van der Waals surface area contributed by atoms with Gasteiger partial charge in [-0.15, -0.1) is 12.4 Å². The molecule has 5 heteroatoms. The van der Waals surface area contributed by atoms with Gasteiger partial charge in [0.2, 0.25) is 0 Å². The average Bonchev–Trinajstić information content (AvgIpc) is 2.40. The predicted octanol–water partition coefficient (Wildman–Crippen LogP) is 3.81. The molecule has 1 aromatic rings. The molecule has 1 unspecified atom stereocenters. The minimum atomic E-state index is -0.722. The molecule has 0 saturated carbocycles. The van der Waals surface area contributed by atoms with Gasteiger partial charge in [-0.2, -0.15) is 0 Å². The van der Waals surface area contributed by atoms with Gasteiger partial charge in [0.05, 0.1) is 6.61 Å². The van der Waals surface area contributed by atoms with E-state index in [0.29, 0.717) is 24.7 Å². The lowest BCUT2D eigenvalue weighted by Crippen LogP contribution is -2.35. The fraction of sp³-hybridized carbons (Fsp3) is 0.333. The third-order valence-corrected chi connectivity index (χ3v) is 3.15. The Labute approximate surface area is 130 Å². The van der Waals surface area contributed by atoms with Crippen molar-refractivity contribution in [3.05, 3.63) is 58.8 Å². The molecule has 1 aliphatic rings. The summed E-state index contributed by atoms with van der Waals surface area (Å²) >= 11 is 5.95. The lowest BCUT2D eigenvalue weighted by molar-refractivity contribution is -0.207. The van der Waals surface area contributed by atoms with E-state index in [1.54, 1.807) is 0 Å². The van der Waals surface area contributed by atoms with Crippen molar-refractivity contribution in [2.45, 2.75) is 25.7 Å². The molecule has 1 aromatic carbocycles. The molecule has 0 heterocycles. The Bertz CT molecular complexity index is 502. The second-order valence-corrected chi connectivity index (χ2v) is 4.84. The highest BCUT2D eigenvalue weighted by Gasteiger charge is 2.29. The van der Waals surface area contributed by atoms with Gasteiger partial charge in [0.25, 0.3) is 0 Å². The van der Waals surface area contributed by atoms with E-state index >= 15 is 0 Å². The van der Waals surface area contributed by atoms with E-state index in [0.717, 1.165) is 11.3 Å². The van der Waals surface area contributed by atoms with E-state index in [2.05, 4.69) is 0 Å². The van der Waals surface area contributed by atoms with Gasteiger partial charge in [-0.05, 0) is 36.8 Å². The lowest BCUT2D eigenvalue weighted by atomic mass is 10.1. The van der Waals surface area contributed by atoms with Gasteiger partial charge >= 0.3 is 0 Å². The first kappa shape index (κ1) is 17.1. The molecule has 0 aliphatic heterocycles. The molecule has 0 aromatic heterocycles. The maximum Gasteiger partial charge on any atom is 0.192 e. The van der Waals surface area contributed by atoms with Crippen LogP contribution in [0.4, 0.5) is 0 Å². The molecule has 3 nitrogen and oxygen atoms in total. The summed E-state index contributed by atoms with van der Waals surface area (Å²) in [6.07, 6.45) is 6.21. The van der Waals surface area contributed by atoms with Crippen LogP contribution in [0.5, 0.6) is 0 Å². The van der Waals surface area contributed by atoms with Gasteiger partial charge in [-0.3, -0.25) is 0 Å². The largest absolute Gasteiger partial charge is 0.399 e. The SMILES string of the molecule is CCOC1(OCc2cccc(Cl)c2)C=CC(N)=CC1.Cl. The Balaban J connectivity index is 0.00000200. The third kappa shape index (κ3) is 4.53. The van der Waals surface area contributed by atoms with Crippen LogP contribution >= 0.6 is 24.0 Å². The normalized spacial score (nSPS) is 21.2. The molecule has 20 heavy (non-hydrogen) atoms. The minimum Gasteiger partial charge on any atom is -0.399 e. The highest BCUT2D eigenvalue weighted by atomic mass is 35.5. The van der Waals surface area contributed by atoms with Crippen molar-refractivity contribution in [1.82, 2.24) is 0 Å². The number of hydrogen-bond acceptors (Lipinski definition) is 3. The number of halogens is 2. The number of hydrogen-bond donors (Lipinski definition) is 1. The second kappa shape index (κ2) is 7.70. The van der Waals surface area contributed by atoms with Crippen LogP contribution in [0.2, 0.25) is 5.02 Å². The molecule has 0 fully saturated rings. The van der Waals surface area contributed by atoms with Crippen molar-refractivity contribution in [2.24, 2.45) is 5.73 Å². The van der Waals surface area contributed by atoms with Gasteiger partial charge in [0, 0.05) is 23.7 Å². The fourth-order valence-corrected chi connectivity index (χ4v) is 2.16. The highest BCUT2D eigenvalue weighted by Crippen LogP contribution is 2.27. The summed E-state index contributed by atoms with van der Waals surface area (Å²) < 4.78 is 11.7. The van der Waals surface area contributed by atoms with Crippen molar-refractivity contribution < 1.29 is 9.47 Å². The molecular formula is C15H19Cl2NO2. The quantitative estimate of drug-likeness (QED) is 0.840. The van der Waals surface area contributed by atoms with Crippen molar-refractivity contribution >= 4 is 24.0 Å². The van der Waals surface area contributed by atoms with E-state index in [1.807, 2.05) is 49.4 Å². The summed E-state index contributed by atoms with van der Waals surface area (Å²) in [4.78, 5) is 0. The summed E-state index contributed by atoms with van der Waals surface area (Å²) in [6.45, 7) is 2.96. The van der Waals surface area contributed by atoms with Crippen LogP contribution in [-0.2, 0) is 16.1 Å². The molecule has 0 saturated heterocycles. The molecule has 0 radical (unpaired) electrons. The number of ether oxygens (including phenoxy) is 2. The maximum atomic E-state index is 5.95. The first-order valence-electron chi connectivity index (χ1n) is 6.31. The number of allylic oxidation sites excluding steroid dienone is 1. The standard InChI is InChI=1S/C15H18ClNO2.ClH/c1-2-18-15(8-6-14(17)7-9-15)19-11-12-4-3-5-13(16)10-12;/h3-8,10H,2,9,11,17H2,1H3;1H. The zero-order chi connectivity index (χ0) is 13.7. The molecule has 0 spiro atoms. The van der Waals surface area contributed by atoms with E-state index in [9.17, 15) is 0 Å². The Kier molecular flexibility index (Phi) is 6.56. The molecule has 0 amide bonds. The molecule has 110 valence electrons. The minimum absolute atomic E-state index is 0. The van der Waals surface area contributed by atoms with Crippen LogP contribution < -0.4 is 5.73 Å². The number of nitrogens with two attached hydrogens (primary N) is 1. The fourth-order valence-electron chi connectivity index (χ4n) is 1.95. The summed E-state index contributed by atoms with van der Waals surface area (Å²) in [5, 5.41) is 0.704. The summed E-state index contributed by atoms with van der Waals surface area (Å²) in [7, 11) is 0. The smallest absolute Gasteiger partial charge is 0.192 e. The van der Waals surface area contributed by atoms with Gasteiger partial charge < -0.3 is 15.2 Å². The van der Waals surface area contributed by atoms with Crippen LogP contribution in [0.15, 0.2) is 48.2 Å². The zero-order valence-electron chi connectivity index (χ0n) is 11.3. The summed E-state index contributed by atoms with van der Waals surface area (Å²) in [6, 6.07) is 7.61. The Morgan fingerprint density at radius 3 is 2.75 bits per heavy atom. The van der Waals surface area contributed by atoms with Crippen molar-refractivity contribution in [1.29, 1.82) is 0 Å². The van der Waals surface area contributed by atoms with Gasteiger partial charge in [0.1, 0.15) is 0 Å². The monoisotopic (exact) mass is 315 g/mol. The first-order valence-corrected chi connectivity index (χ1v) is 6.68. The van der Waals surface area contributed by atoms with Crippen LogP contribution in [-0.4, -0.2) is 12.4 Å². The highest BCUT2D eigenvalue weighted by molar-refractivity contribution is 6.30. The molecule has 1 aliphatic carbocycles. The summed E-state index contributed by atoms with van der Waals surface area (Å²) in [5.74, 6) is -0.722. The summed E-state index contributed by atoms with van der Waals surface area (Å²) in [5.41, 5.74) is 7.48. The topological polar surface area (TPSA) is 44.5 Å². The van der Waals surface area contributed by atoms with Crippen molar-refractivity contribution in [3.63, 3.8) is 0 Å². The van der Waals surface area contributed by atoms with Gasteiger partial charge in [-0.1, -0.05) is 29.8 Å². The van der Waals surface area contributed by atoms with Crippen LogP contribution in [0.1, 0.15) is 18.9 Å². The van der Waals surface area contributed by atoms with E-state index < -0.39 is 5.79 Å². The van der Waals surface area contributed by atoms with E-state index in [4.69, 9.17) is 26.8 Å². The van der Waals surface area contributed by atoms with Crippen molar-refractivity contribution in [2.75, 3.05) is 6.61 Å². The number of rotatable bonds is 5. The molecule has 1 atom stereocenters. The van der Waals surface area contributed by atoms with E-state index in [1.165, 1.54) is 0 Å². The van der Waals surface area contributed by atoms with Crippen LogP contribution in [0, 0.1) is 0 Å². The van der Waals surface area contributed by atoms with E-state index in [-0.39, 0.29) is 12.4 Å². The Hall–Kier alpha value is -1.00.